The molecule has 0 amide bonds. The van der Waals surface area contributed by atoms with Crippen molar-refractivity contribution in [3.05, 3.63) is 164 Å². The number of furan rings is 2. The highest BCUT2D eigenvalue weighted by Gasteiger charge is 2.24. The summed E-state index contributed by atoms with van der Waals surface area (Å²) < 4.78 is 13.0. The predicted molar refractivity (Wildman–Crippen MR) is 187 cm³/mol. The van der Waals surface area contributed by atoms with Gasteiger partial charge in [0.15, 0.2) is 5.58 Å². The molecule has 0 radical (unpaired) electrons. The number of rotatable bonds is 5. The van der Waals surface area contributed by atoms with Crippen molar-refractivity contribution >= 4 is 60.9 Å². The lowest BCUT2D eigenvalue weighted by Crippen LogP contribution is -2.11. The van der Waals surface area contributed by atoms with Gasteiger partial charge in [0.1, 0.15) is 16.7 Å². The molecule has 0 aliphatic heterocycles. The third-order valence-electron chi connectivity index (χ3n) is 8.68. The third kappa shape index (κ3) is 4.21. The Bertz CT molecular complexity index is 2470. The molecule has 0 saturated carbocycles. The van der Waals surface area contributed by atoms with Gasteiger partial charge in [0, 0.05) is 38.5 Å². The Morgan fingerprint density at radius 2 is 0.911 bits per heavy atom. The Morgan fingerprint density at radius 1 is 0.356 bits per heavy atom. The minimum atomic E-state index is 0.849. The first-order chi connectivity index (χ1) is 22.3. The Kier molecular flexibility index (Phi) is 5.82. The zero-order chi connectivity index (χ0) is 29.7. The fourth-order valence-electron chi connectivity index (χ4n) is 6.54. The number of hydrogen-bond acceptors (Lipinski definition) is 3. The van der Waals surface area contributed by atoms with Gasteiger partial charge < -0.3 is 13.7 Å². The summed E-state index contributed by atoms with van der Waals surface area (Å²) in [4.78, 5) is 2.34. The summed E-state index contributed by atoms with van der Waals surface area (Å²) in [5.74, 6) is 0. The second-order valence-electron chi connectivity index (χ2n) is 11.3. The van der Waals surface area contributed by atoms with Crippen molar-refractivity contribution < 1.29 is 8.83 Å². The van der Waals surface area contributed by atoms with Crippen LogP contribution in [0.5, 0.6) is 0 Å². The van der Waals surface area contributed by atoms with Crippen molar-refractivity contribution in [2.75, 3.05) is 4.90 Å². The zero-order valence-electron chi connectivity index (χ0n) is 24.4. The van der Waals surface area contributed by atoms with Crippen LogP contribution in [0.15, 0.2) is 173 Å². The maximum atomic E-state index is 6.75. The summed E-state index contributed by atoms with van der Waals surface area (Å²) in [6.07, 6.45) is 0. The molecule has 0 N–H and O–H groups in total. The lowest BCUT2D eigenvalue weighted by atomic mass is 9.98. The van der Waals surface area contributed by atoms with Crippen molar-refractivity contribution in [1.82, 2.24) is 0 Å². The maximum Gasteiger partial charge on any atom is 0.160 e. The highest BCUT2D eigenvalue weighted by molar-refractivity contribution is 6.14. The van der Waals surface area contributed by atoms with E-state index in [2.05, 4.69) is 144 Å². The summed E-state index contributed by atoms with van der Waals surface area (Å²) in [5, 5.41) is 4.36. The number of nitrogens with zero attached hydrogens (tertiary/aromatic N) is 1. The van der Waals surface area contributed by atoms with Crippen LogP contribution in [0, 0.1) is 0 Å². The van der Waals surface area contributed by atoms with E-state index in [9.17, 15) is 0 Å². The molecule has 2 aromatic heterocycles. The second kappa shape index (κ2) is 10.3. The van der Waals surface area contributed by atoms with E-state index < -0.39 is 0 Å². The predicted octanol–water partition coefficient (Wildman–Crippen LogP) is 12.3. The smallest absolute Gasteiger partial charge is 0.160 e. The first-order valence-corrected chi connectivity index (χ1v) is 15.2. The highest BCUT2D eigenvalue weighted by Crippen LogP contribution is 2.48. The van der Waals surface area contributed by atoms with Gasteiger partial charge >= 0.3 is 0 Å². The molecule has 0 aliphatic rings. The molecule has 45 heavy (non-hydrogen) atoms. The van der Waals surface area contributed by atoms with Gasteiger partial charge in [-0.25, -0.2) is 0 Å². The van der Waals surface area contributed by atoms with Crippen LogP contribution in [0.4, 0.5) is 17.1 Å². The van der Waals surface area contributed by atoms with Gasteiger partial charge in [0.25, 0.3) is 0 Å². The standard InChI is InChI=1S/C42H27NO2/c1-3-11-28(12-4-1)29-19-21-31(22-20-29)43(32-23-26-40-37(27-32)35-16-8-9-17-38(35)44-40)41-33(30-13-5-2-6-14-30)24-25-36-34-15-7-10-18-39(34)45-42(36)41/h1-27H. The molecule has 3 nitrogen and oxygen atoms in total. The third-order valence-corrected chi connectivity index (χ3v) is 8.68. The van der Waals surface area contributed by atoms with Gasteiger partial charge in [0.2, 0.25) is 0 Å². The van der Waals surface area contributed by atoms with Crippen LogP contribution in [-0.2, 0) is 0 Å². The molecule has 0 saturated heterocycles. The van der Waals surface area contributed by atoms with Crippen molar-refractivity contribution in [2.45, 2.75) is 0 Å². The Morgan fingerprint density at radius 3 is 1.64 bits per heavy atom. The number of benzene rings is 7. The Labute approximate surface area is 260 Å². The lowest BCUT2D eigenvalue weighted by molar-refractivity contribution is 0.669. The molecule has 0 unspecified atom stereocenters. The second-order valence-corrected chi connectivity index (χ2v) is 11.3. The van der Waals surface area contributed by atoms with Gasteiger partial charge in [0.05, 0.1) is 5.69 Å². The molecule has 212 valence electrons. The molecule has 0 fully saturated rings. The van der Waals surface area contributed by atoms with Crippen molar-refractivity contribution in [1.29, 1.82) is 0 Å². The lowest BCUT2D eigenvalue weighted by Gasteiger charge is -2.28. The first-order valence-electron chi connectivity index (χ1n) is 15.2. The van der Waals surface area contributed by atoms with E-state index in [0.29, 0.717) is 0 Å². The summed E-state index contributed by atoms with van der Waals surface area (Å²) in [7, 11) is 0. The van der Waals surface area contributed by atoms with Crippen LogP contribution in [0.1, 0.15) is 0 Å². The first kappa shape index (κ1) is 25.4. The average molecular weight is 578 g/mol. The number of fused-ring (bicyclic) bond motifs is 6. The molecule has 7 aromatic carbocycles. The average Bonchev–Trinajstić information content (AvgIpc) is 3.68. The van der Waals surface area contributed by atoms with Crippen LogP contribution in [0.2, 0.25) is 0 Å². The Balaban J connectivity index is 1.36. The van der Waals surface area contributed by atoms with Gasteiger partial charge in [-0.3, -0.25) is 0 Å². The van der Waals surface area contributed by atoms with E-state index in [-0.39, 0.29) is 0 Å². The molecule has 0 spiro atoms. The minimum Gasteiger partial charge on any atom is -0.456 e. The van der Waals surface area contributed by atoms with Gasteiger partial charge in [-0.15, -0.1) is 0 Å². The zero-order valence-corrected chi connectivity index (χ0v) is 24.4. The van der Waals surface area contributed by atoms with Gasteiger partial charge in [-0.05, 0) is 65.2 Å². The molecular formula is C42H27NO2. The molecule has 2 heterocycles. The highest BCUT2D eigenvalue weighted by atomic mass is 16.3. The quantitative estimate of drug-likeness (QED) is 0.204. The summed E-state index contributed by atoms with van der Waals surface area (Å²) in [6.45, 7) is 0. The van der Waals surface area contributed by atoms with Crippen LogP contribution >= 0.6 is 0 Å². The minimum absolute atomic E-state index is 0.849. The number of para-hydroxylation sites is 2. The summed E-state index contributed by atoms with van der Waals surface area (Å²) in [5.41, 5.74) is 11.1. The summed E-state index contributed by atoms with van der Waals surface area (Å²) >= 11 is 0. The van der Waals surface area contributed by atoms with Crippen molar-refractivity contribution in [3.63, 3.8) is 0 Å². The van der Waals surface area contributed by atoms with E-state index in [1.54, 1.807) is 0 Å². The van der Waals surface area contributed by atoms with E-state index in [1.165, 1.54) is 11.1 Å². The van der Waals surface area contributed by atoms with E-state index in [4.69, 9.17) is 8.83 Å². The normalized spacial score (nSPS) is 11.6. The maximum absolute atomic E-state index is 6.75. The number of anilines is 3. The fraction of sp³-hybridized carbons (Fsp3) is 0. The topological polar surface area (TPSA) is 29.5 Å². The molecule has 3 heteroatoms. The largest absolute Gasteiger partial charge is 0.456 e. The monoisotopic (exact) mass is 577 g/mol. The fourth-order valence-corrected chi connectivity index (χ4v) is 6.54. The van der Waals surface area contributed by atoms with Gasteiger partial charge in [-0.2, -0.15) is 0 Å². The molecule has 9 rings (SSSR count). The molecule has 0 atom stereocenters. The van der Waals surface area contributed by atoms with E-state index >= 15 is 0 Å². The van der Waals surface area contributed by atoms with E-state index in [1.807, 2.05) is 24.3 Å². The van der Waals surface area contributed by atoms with Crippen LogP contribution in [-0.4, -0.2) is 0 Å². The van der Waals surface area contributed by atoms with Crippen LogP contribution in [0.25, 0.3) is 66.1 Å². The van der Waals surface area contributed by atoms with Crippen molar-refractivity contribution in [3.8, 4) is 22.3 Å². The summed E-state index contributed by atoms with van der Waals surface area (Å²) in [6, 6.07) is 57.3. The Hall–Kier alpha value is -6.06. The molecular weight excluding hydrogens is 550 g/mol. The van der Waals surface area contributed by atoms with Crippen molar-refractivity contribution in [2.24, 2.45) is 0 Å². The van der Waals surface area contributed by atoms with E-state index in [0.717, 1.165) is 72.1 Å². The molecule has 9 aromatic rings. The number of hydrogen-bond donors (Lipinski definition) is 0. The van der Waals surface area contributed by atoms with Gasteiger partial charge in [-0.1, -0.05) is 115 Å². The van der Waals surface area contributed by atoms with Crippen LogP contribution in [0.3, 0.4) is 0 Å². The SMILES string of the molecule is c1ccc(-c2ccc(N(c3ccc4oc5ccccc5c4c3)c3c(-c4ccccc4)ccc4c3oc3ccccc34)cc2)cc1. The molecule has 0 aliphatic carbocycles. The van der Waals surface area contributed by atoms with Crippen LogP contribution < -0.4 is 4.90 Å². The molecule has 0 bridgehead atoms.